The van der Waals surface area contributed by atoms with Gasteiger partial charge >= 0.3 is 0 Å². The number of hydrogen-bond donors (Lipinski definition) is 0. The number of halogens is 1. The SMILES string of the molecule is Cc1ccccc1C(=O)/C(C#N)=C/c1cc(Cl)c2c(c1)OCO2. The predicted molar refractivity (Wildman–Crippen MR) is 86.7 cm³/mol. The molecule has 4 nitrogen and oxygen atoms in total. The molecule has 0 N–H and O–H groups in total. The molecule has 1 aliphatic rings. The highest BCUT2D eigenvalue weighted by atomic mass is 35.5. The summed E-state index contributed by atoms with van der Waals surface area (Å²) < 4.78 is 10.5. The highest BCUT2D eigenvalue weighted by Crippen LogP contribution is 2.40. The summed E-state index contributed by atoms with van der Waals surface area (Å²) in [6, 6.07) is 12.4. The van der Waals surface area contributed by atoms with Gasteiger partial charge in [-0.15, -0.1) is 0 Å². The van der Waals surface area contributed by atoms with Gasteiger partial charge in [0.25, 0.3) is 0 Å². The third kappa shape index (κ3) is 2.92. The lowest BCUT2D eigenvalue weighted by Crippen LogP contribution is -2.04. The maximum Gasteiger partial charge on any atom is 0.231 e. The predicted octanol–water partition coefficient (Wildman–Crippen LogP) is 4.17. The van der Waals surface area contributed by atoms with Gasteiger partial charge in [-0.2, -0.15) is 5.26 Å². The summed E-state index contributed by atoms with van der Waals surface area (Å²) in [6.07, 6.45) is 1.50. The van der Waals surface area contributed by atoms with Gasteiger partial charge in [0.2, 0.25) is 12.6 Å². The molecule has 0 amide bonds. The summed E-state index contributed by atoms with van der Waals surface area (Å²) in [6.45, 7) is 1.94. The maximum absolute atomic E-state index is 12.5. The van der Waals surface area contributed by atoms with E-state index in [2.05, 4.69) is 0 Å². The summed E-state index contributed by atoms with van der Waals surface area (Å²) in [7, 11) is 0. The highest BCUT2D eigenvalue weighted by molar-refractivity contribution is 6.32. The number of fused-ring (bicyclic) bond motifs is 1. The van der Waals surface area contributed by atoms with E-state index < -0.39 is 0 Å². The Morgan fingerprint density at radius 1 is 1.30 bits per heavy atom. The summed E-state index contributed by atoms with van der Waals surface area (Å²) in [5.74, 6) is 0.663. The molecule has 114 valence electrons. The molecular formula is C18H12ClNO3. The molecule has 0 saturated heterocycles. The monoisotopic (exact) mass is 325 g/mol. The molecule has 3 rings (SSSR count). The van der Waals surface area contributed by atoms with E-state index in [-0.39, 0.29) is 18.1 Å². The Labute approximate surface area is 138 Å². The highest BCUT2D eigenvalue weighted by Gasteiger charge is 2.19. The first-order valence-electron chi connectivity index (χ1n) is 6.91. The standard InChI is InChI=1S/C18H12ClNO3/c1-11-4-2-3-5-14(11)17(21)13(9-20)6-12-7-15(19)18-16(8-12)22-10-23-18/h2-8H,10H2,1H3/b13-6+. The quantitative estimate of drug-likeness (QED) is 0.483. The minimum atomic E-state index is -0.320. The summed E-state index contributed by atoms with van der Waals surface area (Å²) >= 11 is 6.12. The van der Waals surface area contributed by atoms with Crippen molar-refractivity contribution in [1.29, 1.82) is 5.26 Å². The van der Waals surface area contributed by atoms with Crippen molar-refractivity contribution < 1.29 is 14.3 Å². The Morgan fingerprint density at radius 3 is 2.83 bits per heavy atom. The van der Waals surface area contributed by atoms with Crippen LogP contribution in [0.5, 0.6) is 11.5 Å². The van der Waals surface area contributed by atoms with E-state index in [0.717, 1.165) is 5.56 Å². The van der Waals surface area contributed by atoms with E-state index in [1.165, 1.54) is 6.08 Å². The second-order valence-electron chi connectivity index (χ2n) is 5.05. The van der Waals surface area contributed by atoms with Crippen molar-refractivity contribution in [1.82, 2.24) is 0 Å². The number of allylic oxidation sites excluding steroid dienone is 1. The Kier molecular flexibility index (Phi) is 4.05. The fourth-order valence-electron chi connectivity index (χ4n) is 2.36. The number of ketones is 1. The van der Waals surface area contributed by atoms with E-state index in [0.29, 0.717) is 27.6 Å². The van der Waals surface area contributed by atoms with Crippen LogP contribution in [0.15, 0.2) is 42.0 Å². The molecule has 2 aromatic rings. The molecule has 0 spiro atoms. The van der Waals surface area contributed by atoms with Crippen molar-refractivity contribution >= 4 is 23.5 Å². The Bertz CT molecular complexity index is 865. The van der Waals surface area contributed by atoms with E-state index in [1.54, 1.807) is 24.3 Å². The van der Waals surface area contributed by atoms with E-state index in [1.807, 2.05) is 25.1 Å². The minimum absolute atomic E-state index is 0.0363. The number of nitrogens with zero attached hydrogens (tertiary/aromatic N) is 1. The van der Waals surface area contributed by atoms with Gasteiger partial charge in [0.15, 0.2) is 11.5 Å². The second-order valence-corrected chi connectivity index (χ2v) is 5.46. The van der Waals surface area contributed by atoms with Crippen LogP contribution in [0.3, 0.4) is 0 Å². The first kappa shape index (κ1) is 15.1. The lowest BCUT2D eigenvalue weighted by Gasteiger charge is -2.05. The molecule has 2 aromatic carbocycles. The Hall–Kier alpha value is -2.77. The topological polar surface area (TPSA) is 59.3 Å². The average Bonchev–Trinajstić information content (AvgIpc) is 3.01. The Morgan fingerprint density at radius 2 is 2.09 bits per heavy atom. The first-order chi connectivity index (χ1) is 11.1. The zero-order chi connectivity index (χ0) is 16.4. The van der Waals surface area contributed by atoms with Crippen LogP contribution < -0.4 is 9.47 Å². The molecule has 0 aromatic heterocycles. The number of rotatable bonds is 3. The van der Waals surface area contributed by atoms with Gasteiger partial charge in [-0.05, 0) is 36.3 Å². The van der Waals surface area contributed by atoms with Crippen LogP contribution in [-0.2, 0) is 0 Å². The van der Waals surface area contributed by atoms with Crippen LogP contribution in [0.25, 0.3) is 6.08 Å². The van der Waals surface area contributed by atoms with Crippen LogP contribution in [0.4, 0.5) is 0 Å². The van der Waals surface area contributed by atoms with Crippen molar-refractivity contribution in [2.75, 3.05) is 6.79 Å². The van der Waals surface area contributed by atoms with Crippen LogP contribution in [-0.4, -0.2) is 12.6 Å². The number of aryl methyl sites for hydroxylation is 1. The smallest absolute Gasteiger partial charge is 0.231 e. The number of Topliss-reactive ketones (excluding diaryl/α,β-unsaturated/α-hetero) is 1. The fraction of sp³-hybridized carbons (Fsp3) is 0.111. The van der Waals surface area contributed by atoms with E-state index in [9.17, 15) is 10.1 Å². The molecule has 0 atom stereocenters. The third-order valence-electron chi connectivity index (χ3n) is 3.52. The van der Waals surface area contributed by atoms with Crippen molar-refractivity contribution in [3.05, 3.63) is 63.7 Å². The van der Waals surface area contributed by atoms with Crippen LogP contribution in [0.1, 0.15) is 21.5 Å². The lowest BCUT2D eigenvalue weighted by atomic mass is 9.98. The molecule has 5 heteroatoms. The molecule has 0 radical (unpaired) electrons. The first-order valence-corrected chi connectivity index (χ1v) is 7.29. The number of ether oxygens (including phenoxy) is 2. The normalized spacial score (nSPS) is 12.8. The number of hydrogen-bond acceptors (Lipinski definition) is 4. The maximum atomic E-state index is 12.5. The van der Waals surface area contributed by atoms with Gasteiger partial charge in [0.1, 0.15) is 11.6 Å². The minimum Gasteiger partial charge on any atom is -0.454 e. The fourth-order valence-corrected chi connectivity index (χ4v) is 2.63. The third-order valence-corrected chi connectivity index (χ3v) is 3.80. The van der Waals surface area contributed by atoms with Crippen molar-refractivity contribution in [2.45, 2.75) is 6.92 Å². The number of nitriles is 1. The molecule has 1 heterocycles. The van der Waals surface area contributed by atoms with Crippen LogP contribution >= 0.6 is 11.6 Å². The van der Waals surface area contributed by atoms with Crippen LogP contribution in [0, 0.1) is 18.3 Å². The van der Waals surface area contributed by atoms with Gasteiger partial charge < -0.3 is 9.47 Å². The summed E-state index contributed by atoms with van der Waals surface area (Å²) in [4.78, 5) is 12.5. The molecular weight excluding hydrogens is 314 g/mol. The Balaban J connectivity index is 2.00. The van der Waals surface area contributed by atoms with E-state index in [4.69, 9.17) is 21.1 Å². The van der Waals surface area contributed by atoms with Gasteiger partial charge in [0, 0.05) is 5.56 Å². The number of benzene rings is 2. The molecule has 23 heavy (non-hydrogen) atoms. The number of carbonyl (C=O) groups excluding carboxylic acids is 1. The van der Waals surface area contributed by atoms with E-state index >= 15 is 0 Å². The van der Waals surface area contributed by atoms with Crippen LogP contribution in [0.2, 0.25) is 5.02 Å². The average molecular weight is 326 g/mol. The zero-order valence-electron chi connectivity index (χ0n) is 12.3. The molecule has 0 bridgehead atoms. The second kappa shape index (κ2) is 6.15. The lowest BCUT2D eigenvalue weighted by molar-refractivity contribution is 0.103. The van der Waals surface area contributed by atoms with Gasteiger partial charge in [-0.3, -0.25) is 4.79 Å². The zero-order valence-corrected chi connectivity index (χ0v) is 13.1. The van der Waals surface area contributed by atoms with Crippen molar-refractivity contribution in [3.63, 3.8) is 0 Å². The molecule has 0 unspecified atom stereocenters. The van der Waals surface area contributed by atoms with Gasteiger partial charge in [-0.1, -0.05) is 35.9 Å². The number of carbonyl (C=O) groups is 1. The molecule has 0 fully saturated rings. The van der Waals surface area contributed by atoms with Gasteiger partial charge in [0.05, 0.1) is 5.02 Å². The summed E-state index contributed by atoms with van der Waals surface area (Å²) in [5, 5.41) is 9.73. The van der Waals surface area contributed by atoms with Gasteiger partial charge in [-0.25, -0.2) is 0 Å². The molecule has 0 saturated carbocycles. The summed E-state index contributed by atoms with van der Waals surface area (Å²) in [5.41, 5.74) is 1.97. The largest absolute Gasteiger partial charge is 0.454 e. The van der Waals surface area contributed by atoms with Crippen molar-refractivity contribution in [3.8, 4) is 17.6 Å². The molecule has 1 aliphatic heterocycles. The molecule has 0 aliphatic carbocycles. The van der Waals surface area contributed by atoms with Crippen molar-refractivity contribution in [2.24, 2.45) is 0 Å².